The molecular weight excluding hydrogens is 162 g/mol. The number of fused-ring (bicyclic) bond motifs is 1. The fourth-order valence-electron chi connectivity index (χ4n) is 0.942. The van der Waals surface area contributed by atoms with Gasteiger partial charge in [-0.1, -0.05) is 0 Å². The Morgan fingerprint density at radius 2 is 2.45 bits per heavy atom. The van der Waals surface area contributed by atoms with Crippen molar-refractivity contribution in [2.75, 3.05) is 0 Å². The number of aryl methyl sites for hydroxylation is 1. The van der Waals surface area contributed by atoms with Gasteiger partial charge in [0.2, 0.25) is 0 Å². The molecule has 0 spiro atoms. The van der Waals surface area contributed by atoms with Crippen LogP contribution in [0.15, 0.2) is 20.7 Å². The zero-order valence-electron chi connectivity index (χ0n) is 5.83. The van der Waals surface area contributed by atoms with Crippen LogP contribution < -0.4 is 5.76 Å². The first-order valence-electron chi connectivity index (χ1n) is 3.12. The Balaban J connectivity index is 3.02. The van der Waals surface area contributed by atoms with E-state index in [0.717, 1.165) is 11.1 Å². The minimum atomic E-state index is -0.516. The van der Waals surface area contributed by atoms with Crippen LogP contribution in [0.4, 0.5) is 0 Å². The lowest BCUT2D eigenvalue weighted by atomic mass is 10.3. The molecule has 0 atom stereocenters. The van der Waals surface area contributed by atoms with Crippen molar-refractivity contribution in [3.63, 3.8) is 0 Å². The maximum Gasteiger partial charge on any atom is 0.440 e. The van der Waals surface area contributed by atoms with E-state index < -0.39 is 5.76 Å². The van der Waals surface area contributed by atoms with Gasteiger partial charge in [0, 0.05) is 0 Å². The van der Waals surface area contributed by atoms with Crippen LogP contribution in [0.1, 0.15) is 5.69 Å². The van der Waals surface area contributed by atoms with Gasteiger partial charge >= 0.3 is 5.76 Å². The molecule has 0 fully saturated rings. The molecule has 0 N–H and O–H groups in total. The van der Waals surface area contributed by atoms with Crippen molar-refractivity contribution in [1.29, 1.82) is 0 Å². The standard InChI is InChI=1S/C7H5NO2S/c1-4-5-2-3-11-6(5)10-7(9)8-4/h2-3H,1H3. The fraction of sp³-hybridized carbons (Fsp3) is 0.143. The van der Waals surface area contributed by atoms with Crippen molar-refractivity contribution in [3.8, 4) is 0 Å². The Labute approximate surface area is 66.3 Å². The normalized spacial score (nSPS) is 10.6. The van der Waals surface area contributed by atoms with Gasteiger partial charge in [-0.15, -0.1) is 11.3 Å². The van der Waals surface area contributed by atoms with E-state index >= 15 is 0 Å². The van der Waals surface area contributed by atoms with Gasteiger partial charge in [-0.25, -0.2) is 4.79 Å². The number of hydrogen-bond donors (Lipinski definition) is 0. The second-order valence-electron chi connectivity index (χ2n) is 2.19. The average Bonchev–Trinajstić information content (AvgIpc) is 2.34. The van der Waals surface area contributed by atoms with Crippen molar-refractivity contribution in [3.05, 3.63) is 27.7 Å². The third-order valence-corrected chi connectivity index (χ3v) is 2.25. The highest BCUT2D eigenvalue weighted by Gasteiger charge is 2.02. The summed E-state index contributed by atoms with van der Waals surface area (Å²) >= 11 is 1.41. The van der Waals surface area contributed by atoms with Gasteiger partial charge < -0.3 is 4.42 Å². The molecule has 2 aromatic heterocycles. The smallest absolute Gasteiger partial charge is 0.397 e. The van der Waals surface area contributed by atoms with Crippen molar-refractivity contribution < 1.29 is 4.42 Å². The maximum atomic E-state index is 10.7. The van der Waals surface area contributed by atoms with E-state index in [4.69, 9.17) is 4.42 Å². The van der Waals surface area contributed by atoms with Crippen LogP contribution in [-0.4, -0.2) is 4.98 Å². The summed E-state index contributed by atoms with van der Waals surface area (Å²) in [5.74, 6) is -0.516. The molecule has 0 aliphatic carbocycles. The van der Waals surface area contributed by atoms with Crippen LogP contribution in [0.2, 0.25) is 0 Å². The first-order chi connectivity index (χ1) is 5.27. The molecule has 4 heteroatoms. The summed E-state index contributed by atoms with van der Waals surface area (Å²) < 4.78 is 4.83. The molecular formula is C7H5NO2S. The van der Waals surface area contributed by atoms with E-state index in [-0.39, 0.29) is 0 Å². The van der Waals surface area contributed by atoms with Crippen molar-refractivity contribution in [2.24, 2.45) is 0 Å². The molecule has 0 saturated heterocycles. The predicted molar refractivity (Wildman–Crippen MR) is 42.9 cm³/mol. The SMILES string of the molecule is Cc1nc(=O)oc2sccc12. The summed E-state index contributed by atoms with van der Waals surface area (Å²) in [4.78, 5) is 15.0. The van der Waals surface area contributed by atoms with Gasteiger partial charge in [0.1, 0.15) is 0 Å². The summed E-state index contributed by atoms with van der Waals surface area (Å²) in [5, 5.41) is 2.80. The highest BCUT2D eigenvalue weighted by atomic mass is 32.1. The summed E-state index contributed by atoms with van der Waals surface area (Å²) in [5.41, 5.74) is 0.734. The van der Waals surface area contributed by atoms with E-state index in [2.05, 4.69) is 4.98 Å². The average molecular weight is 167 g/mol. The van der Waals surface area contributed by atoms with E-state index in [9.17, 15) is 4.79 Å². The molecule has 0 radical (unpaired) electrons. The number of nitrogens with zero attached hydrogens (tertiary/aromatic N) is 1. The van der Waals surface area contributed by atoms with E-state index in [1.54, 1.807) is 6.92 Å². The number of thiophene rings is 1. The number of aromatic nitrogens is 1. The Hall–Kier alpha value is -1.16. The van der Waals surface area contributed by atoms with Crippen molar-refractivity contribution in [1.82, 2.24) is 4.98 Å². The minimum Gasteiger partial charge on any atom is -0.397 e. The van der Waals surface area contributed by atoms with Gasteiger partial charge in [0.05, 0.1) is 11.1 Å². The summed E-state index contributed by atoms with van der Waals surface area (Å²) in [7, 11) is 0. The molecule has 0 unspecified atom stereocenters. The van der Waals surface area contributed by atoms with Crippen LogP contribution in [0.3, 0.4) is 0 Å². The number of rotatable bonds is 0. The lowest BCUT2D eigenvalue weighted by molar-refractivity contribution is 0.535. The fourth-order valence-corrected chi connectivity index (χ4v) is 1.73. The molecule has 11 heavy (non-hydrogen) atoms. The Morgan fingerprint density at radius 1 is 1.64 bits per heavy atom. The summed E-state index contributed by atoms with van der Waals surface area (Å²) in [6.45, 7) is 1.80. The molecule has 0 aliphatic heterocycles. The molecule has 3 nitrogen and oxygen atoms in total. The maximum absolute atomic E-state index is 10.7. The molecule has 2 rings (SSSR count). The quantitative estimate of drug-likeness (QED) is 0.598. The highest BCUT2D eigenvalue weighted by Crippen LogP contribution is 2.19. The van der Waals surface area contributed by atoms with Gasteiger partial charge in [0.15, 0.2) is 4.90 Å². The molecule has 0 bridgehead atoms. The van der Waals surface area contributed by atoms with E-state index in [0.29, 0.717) is 4.90 Å². The van der Waals surface area contributed by atoms with Crippen LogP contribution in [0, 0.1) is 6.92 Å². The zero-order chi connectivity index (χ0) is 7.84. The number of hydrogen-bond acceptors (Lipinski definition) is 4. The lowest BCUT2D eigenvalue weighted by Crippen LogP contribution is -2.03. The minimum absolute atomic E-state index is 0.516. The third-order valence-electron chi connectivity index (χ3n) is 1.46. The van der Waals surface area contributed by atoms with E-state index in [1.165, 1.54) is 11.3 Å². The van der Waals surface area contributed by atoms with Gasteiger partial charge in [-0.05, 0) is 18.4 Å². The lowest BCUT2D eigenvalue weighted by Gasteiger charge is -1.89. The predicted octanol–water partition coefficient (Wildman–Crippen LogP) is 1.56. The Kier molecular flexibility index (Phi) is 1.29. The van der Waals surface area contributed by atoms with Crippen LogP contribution >= 0.6 is 11.3 Å². The van der Waals surface area contributed by atoms with Crippen molar-refractivity contribution >= 4 is 21.6 Å². The second-order valence-corrected chi connectivity index (χ2v) is 3.07. The highest BCUT2D eigenvalue weighted by molar-refractivity contribution is 7.16. The van der Waals surface area contributed by atoms with Crippen LogP contribution in [0.5, 0.6) is 0 Å². The Bertz CT molecular complexity index is 443. The molecule has 0 aromatic carbocycles. The van der Waals surface area contributed by atoms with Gasteiger partial charge in [0.25, 0.3) is 0 Å². The van der Waals surface area contributed by atoms with Crippen LogP contribution in [0.25, 0.3) is 10.3 Å². The molecule has 2 aromatic rings. The van der Waals surface area contributed by atoms with Crippen LogP contribution in [-0.2, 0) is 0 Å². The summed E-state index contributed by atoms with van der Waals surface area (Å²) in [6, 6.07) is 1.89. The monoisotopic (exact) mass is 167 g/mol. The second kappa shape index (κ2) is 2.17. The van der Waals surface area contributed by atoms with Gasteiger partial charge in [-0.2, -0.15) is 4.98 Å². The molecule has 0 saturated carbocycles. The van der Waals surface area contributed by atoms with E-state index in [1.807, 2.05) is 11.4 Å². The molecule has 56 valence electrons. The molecule has 2 heterocycles. The first-order valence-corrected chi connectivity index (χ1v) is 4.00. The zero-order valence-corrected chi connectivity index (χ0v) is 6.64. The first kappa shape index (κ1) is 6.54. The Morgan fingerprint density at radius 3 is 3.27 bits per heavy atom. The topological polar surface area (TPSA) is 43.1 Å². The van der Waals surface area contributed by atoms with Crippen molar-refractivity contribution in [2.45, 2.75) is 6.92 Å². The largest absolute Gasteiger partial charge is 0.440 e. The molecule has 0 amide bonds. The van der Waals surface area contributed by atoms with Gasteiger partial charge in [-0.3, -0.25) is 0 Å². The third kappa shape index (κ3) is 0.952. The molecule has 0 aliphatic rings. The summed E-state index contributed by atoms with van der Waals surface area (Å²) in [6.07, 6.45) is 0.